The summed E-state index contributed by atoms with van der Waals surface area (Å²) in [6.45, 7) is 3.94. The van der Waals surface area contributed by atoms with Crippen molar-refractivity contribution in [2.45, 2.75) is 51.1 Å². The van der Waals surface area contributed by atoms with Crippen molar-refractivity contribution in [2.75, 3.05) is 12.9 Å². The highest BCUT2D eigenvalue weighted by Crippen LogP contribution is 2.53. The Bertz CT molecular complexity index is 234. The predicted octanol–water partition coefficient (Wildman–Crippen LogP) is 3.51. The molecule has 0 amide bonds. The van der Waals surface area contributed by atoms with E-state index >= 15 is 0 Å². The van der Waals surface area contributed by atoms with Crippen LogP contribution in [0.1, 0.15) is 39.5 Å². The molecule has 0 aliphatic carbocycles. The Kier molecular flexibility index (Phi) is 7.61. The first-order chi connectivity index (χ1) is 8.16. The van der Waals surface area contributed by atoms with Crippen molar-refractivity contribution in [1.29, 1.82) is 0 Å². The molecule has 18 heavy (non-hydrogen) atoms. The molecular formula is C11H24F2O4S. The van der Waals surface area contributed by atoms with Crippen LogP contribution in [0.2, 0.25) is 0 Å². The summed E-state index contributed by atoms with van der Waals surface area (Å²) in [5, 5.41) is 5.17. The maximum Gasteiger partial charge on any atom is 0.387 e. The van der Waals surface area contributed by atoms with Gasteiger partial charge in [0.2, 0.25) is 6.29 Å². The monoisotopic (exact) mass is 290 g/mol. The third-order valence-corrected chi connectivity index (χ3v) is 4.07. The maximum absolute atomic E-state index is 13.3. The van der Waals surface area contributed by atoms with Crippen molar-refractivity contribution in [3.05, 3.63) is 0 Å². The zero-order chi connectivity index (χ0) is 14.4. The first-order valence-electron chi connectivity index (χ1n) is 6.07. The fraction of sp³-hybridized carbons (Fsp3) is 1.00. The zero-order valence-corrected chi connectivity index (χ0v) is 11.9. The Balaban J connectivity index is 4.27. The van der Waals surface area contributed by atoms with E-state index in [2.05, 4.69) is 4.74 Å². The number of halogens is 2. The van der Waals surface area contributed by atoms with Crippen molar-refractivity contribution in [2.24, 2.45) is 5.92 Å². The molecule has 0 aromatic carbocycles. The molecule has 0 saturated carbocycles. The van der Waals surface area contributed by atoms with E-state index in [-0.39, 0.29) is 12.5 Å². The van der Waals surface area contributed by atoms with E-state index in [1.54, 1.807) is 0 Å². The lowest BCUT2D eigenvalue weighted by Crippen LogP contribution is -2.40. The van der Waals surface area contributed by atoms with Gasteiger partial charge in [-0.15, -0.1) is 10.6 Å². The molecule has 2 unspecified atom stereocenters. The van der Waals surface area contributed by atoms with Crippen LogP contribution in [-0.2, 0) is 4.74 Å². The van der Waals surface area contributed by atoms with Gasteiger partial charge in [0.1, 0.15) is 0 Å². The molecule has 0 radical (unpaired) electrons. The Hall–Kier alpha value is 0.0500. The molecular weight excluding hydrogens is 266 g/mol. The molecule has 4 nitrogen and oxygen atoms in total. The molecule has 0 aliphatic heterocycles. The number of aliphatic hydroxyl groups is 1. The topological polar surface area (TPSA) is 69.9 Å². The lowest BCUT2D eigenvalue weighted by atomic mass is 10.0. The highest BCUT2D eigenvalue weighted by atomic mass is 32.3. The van der Waals surface area contributed by atoms with Crippen LogP contribution in [0, 0.1) is 5.92 Å². The number of hydrogen-bond donors (Lipinski definition) is 3. The summed E-state index contributed by atoms with van der Waals surface area (Å²) in [6, 6.07) is 0. The lowest BCUT2D eigenvalue weighted by molar-refractivity contribution is -0.203. The van der Waals surface area contributed by atoms with Crippen LogP contribution in [0.4, 0.5) is 8.78 Å². The van der Waals surface area contributed by atoms with Crippen LogP contribution >= 0.6 is 10.6 Å². The van der Waals surface area contributed by atoms with Gasteiger partial charge in [-0.2, -0.15) is 8.78 Å². The molecule has 3 N–H and O–H groups in total. The summed E-state index contributed by atoms with van der Waals surface area (Å²) in [7, 11) is -4.18. The second-order valence-corrected chi connectivity index (χ2v) is 6.71. The zero-order valence-electron chi connectivity index (χ0n) is 11.1. The van der Waals surface area contributed by atoms with Gasteiger partial charge in [0.25, 0.3) is 0 Å². The van der Waals surface area contributed by atoms with Crippen LogP contribution in [0.25, 0.3) is 0 Å². The summed E-state index contributed by atoms with van der Waals surface area (Å²) in [5.74, 6) is 0.0917. The quantitative estimate of drug-likeness (QED) is 0.568. The normalized spacial score (nSPS) is 17.6. The minimum atomic E-state index is -4.18. The predicted molar refractivity (Wildman–Crippen MR) is 69.0 cm³/mol. The fourth-order valence-corrected chi connectivity index (χ4v) is 1.86. The summed E-state index contributed by atoms with van der Waals surface area (Å²) in [5.41, 5.74) is 0. The van der Waals surface area contributed by atoms with E-state index in [1.165, 1.54) is 0 Å². The third kappa shape index (κ3) is 5.36. The molecule has 0 aliphatic rings. The molecule has 112 valence electrons. The molecule has 2 atom stereocenters. The summed E-state index contributed by atoms with van der Waals surface area (Å²) >= 11 is 0. The number of rotatable bonds is 9. The first kappa shape index (κ1) is 18.0. The van der Waals surface area contributed by atoms with Crippen LogP contribution in [0.5, 0.6) is 0 Å². The molecule has 0 aromatic rings. The smallest absolute Gasteiger partial charge is 0.362 e. The summed E-state index contributed by atoms with van der Waals surface area (Å²) < 4.78 is 49.1. The first-order valence-corrected chi connectivity index (χ1v) is 8.02. The van der Waals surface area contributed by atoms with E-state index in [0.717, 1.165) is 25.7 Å². The van der Waals surface area contributed by atoms with Gasteiger partial charge in [-0.05, 0) is 12.3 Å². The van der Waals surface area contributed by atoms with Crippen LogP contribution in [0.15, 0.2) is 0 Å². The third-order valence-electron chi connectivity index (χ3n) is 2.84. The van der Waals surface area contributed by atoms with Gasteiger partial charge in [0.15, 0.2) is 0 Å². The minimum Gasteiger partial charge on any atom is -0.362 e. The van der Waals surface area contributed by atoms with Gasteiger partial charge in [0.05, 0.1) is 6.61 Å². The van der Waals surface area contributed by atoms with E-state index in [4.69, 9.17) is 9.11 Å². The van der Waals surface area contributed by atoms with Gasteiger partial charge in [-0.25, -0.2) is 0 Å². The second kappa shape index (κ2) is 7.59. The van der Waals surface area contributed by atoms with Crippen molar-refractivity contribution >= 4 is 10.6 Å². The molecule has 0 aromatic heterocycles. The average molecular weight is 290 g/mol. The molecule has 0 heterocycles. The van der Waals surface area contributed by atoms with Crippen molar-refractivity contribution < 1.29 is 27.7 Å². The Labute approximate surface area is 109 Å². The van der Waals surface area contributed by atoms with Gasteiger partial charge in [-0.3, -0.25) is 9.11 Å². The standard InChI is InChI=1S/C11H24F2O4S/c1-4-6-7-9(5-2)8-17-10(14)11(12,13)18(3,15)16/h9-10,14-16H,4-8H2,1-3H3. The molecule has 0 spiro atoms. The van der Waals surface area contributed by atoms with E-state index < -0.39 is 22.1 Å². The number of alkyl halides is 2. The molecule has 0 saturated heterocycles. The Morgan fingerprint density at radius 2 is 1.83 bits per heavy atom. The largest absolute Gasteiger partial charge is 0.387 e. The van der Waals surface area contributed by atoms with E-state index in [9.17, 15) is 13.9 Å². The Morgan fingerprint density at radius 3 is 2.22 bits per heavy atom. The molecule has 7 heteroatoms. The van der Waals surface area contributed by atoms with Gasteiger partial charge >= 0.3 is 5.25 Å². The summed E-state index contributed by atoms with van der Waals surface area (Å²) in [6.07, 6.45) is 1.69. The maximum atomic E-state index is 13.3. The second-order valence-electron chi connectivity index (χ2n) is 4.50. The van der Waals surface area contributed by atoms with Crippen molar-refractivity contribution in [3.8, 4) is 0 Å². The number of aliphatic hydroxyl groups excluding tert-OH is 1. The highest BCUT2D eigenvalue weighted by Gasteiger charge is 2.50. The number of hydrogen-bond acceptors (Lipinski definition) is 4. The highest BCUT2D eigenvalue weighted by molar-refractivity contribution is 8.24. The van der Waals surface area contributed by atoms with Gasteiger partial charge < -0.3 is 9.84 Å². The van der Waals surface area contributed by atoms with Gasteiger partial charge in [-0.1, -0.05) is 33.1 Å². The molecule has 0 rings (SSSR count). The molecule has 0 bridgehead atoms. The van der Waals surface area contributed by atoms with E-state index in [0.29, 0.717) is 6.26 Å². The minimum absolute atomic E-state index is 0.0111. The average Bonchev–Trinajstić information content (AvgIpc) is 2.27. The van der Waals surface area contributed by atoms with Crippen LogP contribution in [-0.4, -0.2) is 38.6 Å². The Morgan fingerprint density at radius 1 is 1.28 bits per heavy atom. The van der Waals surface area contributed by atoms with Crippen molar-refractivity contribution in [1.82, 2.24) is 0 Å². The van der Waals surface area contributed by atoms with Crippen molar-refractivity contribution in [3.63, 3.8) is 0 Å². The fourth-order valence-electron chi connectivity index (χ4n) is 1.41. The SMILES string of the molecule is CCCCC(CC)COC(O)C(F)(F)S(C)(O)O. The van der Waals surface area contributed by atoms with Crippen LogP contribution < -0.4 is 0 Å². The number of unbranched alkanes of at least 4 members (excludes halogenated alkanes) is 1. The van der Waals surface area contributed by atoms with E-state index in [1.807, 2.05) is 13.8 Å². The van der Waals surface area contributed by atoms with Crippen LogP contribution in [0.3, 0.4) is 0 Å². The number of ether oxygens (including phenoxy) is 1. The lowest BCUT2D eigenvalue weighted by Gasteiger charge is -2.38. The van der Waals surface area contributed by atoms with Gasteiger partial charge in [0, 0.05) is 6.26 Å². The molecule has 0 fully saturated rings. The summed E-state index contributed by atoms with van der Waals surface area (Å²) in [4.78, 5) is 0.